The number of aromatic nitrogens is 1. The van der Waals surface area contributed by atoms with Crippen molar-refractivity contribution >= 4 is 40.5 Å². The van der Waals surface area contributed by atoms with E-state index in [2.05, 4.69) is 42.3 Å². The van der Waals surface area contributed by atoms with Gasteiger partial charge >= 0.3 is 0 Å². The highest BCUT2D eigenvalue weighted by Gasteiger charge is 2.14. The summed E-state index contributed by atoms with van der Waals surface area (Å²) >= 11 is 12.3. The Morgan fingerprint density at radius 3 is 2.15 bits per heavy atom. The van der Waals surface area contributed by atoms with E-state index in [0.29, 0.717) is 21.7 Å². The van der Waals surface area contributed by atoms with E-state index < -0.39 is 0 Å². The molecule has 1 heterocycles. The summed E-state index contributed by atoms with van der Waals surface area (Å²) in [7, 11) is 3.72. The molecular formula is C15H17Cl2N3. The smallest absolute Gasteiger partial charge is 0.154 e. The number of aryl methyl sites for hydroxylation is 2. The lowest BCUT2D eigenvalue weighted by molar-refractivity contribution is 1.12. The first-order valence-electron chi connectivity index (χ1n) is 6.28. The first kappa shape index (κ1) is 14.9. The van der Waals surface area contributed by atoms with Crippen LogP contribution in [0, 0.1) is 13.8 Å². The largest absolute Gasteiger partial charge is 0.372 e. The van der Waals surface area contributed by atoms with Gasteiger partial charge in [-0.25, -0.2) is 4.98 Å². The van der Waals surface area contributed by atoms with E-state index in [4.69, 9.17) is 23.2 Å². The van der Waals surface area contributed by atoms with Crippen molar-refractivity contribution in [2.24, 2.45) is 0 Å². The van der Waals surface area contributed by atoms with Crippen molar-refractivity contribution in [3.63, 3.8) is 0 Å². The maximum absolute atomic E-state index is 6.27. The quantitative estimate of drug-likeness (QED) is 0.881. The Morgan fingerprint density at radius 2 is 1.60 bits per heavy atom. The molecule has 0 saturated heterocycles. The third-order valence-corrected chi connectivity index (χ3v) is 3.63. The Morgan fingerprint density at radius 1 is 1.00 bits per heavy atom. The van der Waals surface area contributed by atoms with Crippen LogP contribution in [0.1, 0.15) is 11.1 Å². The number of nitrogens with zero attached hydrogens (tertiary/aromatic N) is 2. The minimum absolute atomic E-state index is 0.509. The number of nitrogens with one attached hydrogen (secondary N) is 1. The molecule has 0 radical (unpaired) electrons. The molecule has 0 atom stereocenters. The van der Waals surface area contributed by atoms with Crippen molar-refractivity contribution < 1.29 is 0 Å². The van der Waals surface area contributed by atoms with Gasteiger partial charge in [0.05, 0.1) is 10.0 Å². The van der Waals surface area contributed by atoms with Crippen LogP contribution < -0.4 is 10.2 Å². The highest BCUT2D eigenvalue weighted by molar-refractivity contribution is 6.37. The van der Waals surface area contributed by atoms with E-state index >= 15 is 0 Å². The SMILES string of the molecule is CNc1nc(N(C)c2cc(C)cc(C)c2)c(Cl)cc1Cl. The van der Waals surface area contributed by atoms with Gasteiger partial charge in [-0.05, 0) is 43.2 Å². The fraction of sp³-hybridized carbons (Fsp3) is 0.267. The molecule has 106 valence electrons. The van der Waals surface area contributed by atoms with Gasteiger partial charge in [0.2, 0.25) is 0 Å². The molecule has 0 aliphatic rings. The number of hydrogen-bond donors (Lipinski definition) is 1. The number of anilines is 3. The van der Waals surface area contributed by atoms with E-state index in [1.165, 1.54) is 11.1 Å². The van der Waals surface area contributed by atoms with E-state index in [1.807, 2.05) is 11.9 Å². The van der Waals surface area contributed by atoms with Crippen molar-refractivity contribution in [3.8, 4) is 0 Å². The summed E-state index contributed by atoms with van der Waals surface area (Å²) in [5.41, 5.74) is 3.44. The van der Waals surface area contributed by atoms with Crippen LogP contribution in [0.2, 0.25) is 10.0 Å². The third-order valence-electron chi connectivity index (χ3n) is 3.06. The molecule has 0 unspecified atom stereocenters. The van der Waals surface area contributed by atoms with Crippen LogP contribution in [-0.4, -0.2) is 19.1 Å². The zero-order chi connectivity index (χ0) is 14.9. The summed E-state index contributed by atoms with van der Waals surface area (Å²) in [5, 5.41) is 4.00. The topological polar surface area (TPSA) is 28.2 Å². The molecule has 2 aromatic rings. The molecule has 20 heavy (non-hydrogen) atoms. The first-order chi connectivity index (χ1) is 9.42. The van der Waals surface area contributed by atoms with Crippen LogP contribution in [0.5, 0.6) is 0 Å². The van der Waals surface area contributed by atoms with Crippen LogP contribution in [0.15, 0.2) is 24.3 Å². The van der Waals surface area contributed by atoms with Gasteiger partial charge in [-0.2, -0.15) is 0 Å². The molecule has 1 aromatic heterocycles. The molecule has 3 nitrogen and oxygen atoms in total. The predicted molar refractivity (Wildman–Crippen MR) is 87.8 cm³/mol. The zero-order valence-electron chi connectivity index (χ0n) is 12.0. The molecule has 1 aromatic carbocycles. The lowest BCUT2D eigenvalue weighted by Crippen LogP contribution is -2.13. The Balaban J connectivity index is 2.49. The maximum Gasteiger partial charge on any atom is 0.154 e. The number of halogens is 2. The van der Waals surface area contributed by atoms with Crippen LogP contribution in [0.3, 0.4) is 0 Å². The molecule has 1 N–H and O–H groups in total. The first-order valence-corrected chi connectivity index (χ1v) is 7.03. The highest BCUT2D eigenvalue weighted by atomic mass is 35.5. The molecule has 0 spiro atoms. The Hall–Kier alpha value is -1.45. The number of benzene rings is 1. The minimum atomic E-state index is 0.509. The summed E-state index contributed by atoms with van der Waals surface area (Å²) < 4.78 is 0. The molecule has 0 amide bonds. The van der Waals surface area contributed by atoms with Gasteiger partial charge in [0.15, 0.2) is 5.82 Å². The van der Waals surface area contributed by atoms with Crippen LogP contribution in [0.25, 0.3) is 0 Å². The van der Waals surface area contributed by atoms with Crippen molar-refractivity contribution in [1.82, 2.24) is 4.98 Å². The summed E-state index contributed by atoms with van der Waals surface area (Å²) in [6.45, 7) is 4.14. The lowest BCUT2D eigenvalue weighted by atomic mass is 10.1. The predicted octanol–water partition coefficient (Wildman–Crippen LogP) is 4.81. The number of rotatable bonds is 3. The van der Waals surface area contributed by atoms with E-state index in [0.717, 1.165) is 5.69 Å². The third kappa shape index (κ3) is 3.00. The number of pyridine rings is 1. The minimum Gasteiger partial charge on any atom is -0.372 e. The van der Waals surface area contributed by atoms with Gasteiger partial charge in [0.25, 0.3) is 0 Å². The van der Waals surface area contributed by atoms with Crippen molar-refractivity contribution in [2.75, 3.05) is 24.3 Å². The van der Waals surface area contributed by atoms with Crippen molar-refractivity contribution in [3.05, 3.63) is 45.4 Å². The van der Waals surface area contributed by atoms with Gasteiger partial charge in [-0.1, -0.05) is 29.3 Å². The number of hydrogen-bond acceptors (Lipinski definition) is 3. The average molecular weight is 310 g/mol. The Kier molecular flexibility index (Phi) is 4.41. The molecule has 0 saturated carbocycles. The second-order valence-corrected chi connectivity index (χ2v) is 5.59. The van der Waals surface area contributed by atoms with Crippen LogP contribution in [0.4, 0.5) is 17.3 Å². The molecule has 0 bridgehead atoms. The van der Waals surface area contributed by atoms with Gasteiger partial charge in [0.1, 0.15) is 5.82 Å². The highest BCUT2D eigenvalue weighted by Crippen LogP contribution is 2.34. The van der Waals surface area contributed by atoms with E-state index in [-0.39, 0.29) is 0 Å². The Labute approximate surface area is 129 Å². The monoisotopic (exact) mass is 309 g/mol. The fourth-order valence-electron chi connectivity index (χ4n) is 2.13. The maximum atomic E-state index is 6.27. The van der Waals surface area contributed by atoms with Gasteiger partial charge in [-0.3, -0.25) is 0 Å². The van der Waals surface area contributed by atoms with Gasteiger partial charge in [-0.15, -0.1) is 0 Å². The molecule has 5 heteroatoms. The normalized spacial score (nSPS) is 10.5. The van der Waals surface area contributed by atoms with Crippen molar-refractivity contribution in [1.29, 1.82) is 0 Å². The average Bonchev–Trinajstić information content (AvgIpc) is 2.37. The zero-order valence-corrected chi connectivity index (χ0v) is 13.5. The molecule has 0 fully saturated rings. The molecule has 0 aliphatic heterocycles. The van der Waals surface area contributed by atoms with Crippen LogP contribution >= 0.6 is 23.2 Å². The van der Waals surface area contributed by atoms with Gasteiger partial charge < -0.3 is 10.2 Å². The standard InChI is InChI=1S/C15H17Cl2N3/c1-9-5-10(2)7-11(6-9)20(4)15-13(17)8-12(16)14(18-3)19-15/h5-8H,1-4H3,(H,18,19). The second-order valence-electron chi connectivity index (χ2n) is 4.78. The fourth-order valence-corrected chi connectivity index (χ4v) is 2.71. The van der Waals surface area contributed by atoms with E-state index in [9.17, 15) is 0 Å². The summed E-state index contributed by atoms with van der Waals surface area (Å²) in [6.07, 6.45) is 0. The molecular weight excluding hydrogens is 293 g/mol. The summed E-state index contributed by atoms with van der Waals surface area (Å²) in [6, 6.07) is 8.03. The van der Waals surface area contributed by atoms with Gasteiger partial charge in [0, 0.05) is 19.8 Å². The summed E-state index contributed by atoms with van der Waals surface area (Å²) in [5.74, 6) is 1.28. The summed E-state index contributed by atoms with van der Waals surface area (Å²) in [4.78, 5) is 6.43. The van der Waals surface area contributed by atoms with Crippen molar-refractivity contribution in [2.45, 2.75) is 13.8 Å². The van der Waals surface area contributed by atoms with E-state index in [1.54, 1.807) is 13.1 Å². The molecule has 0 aliphatic carbocycles. The molecule has 2 rings (SSSR count). The lowest BCUT2D eigenvalue weighted by Gasteiger charge is -2.21. The van der Waals surface area contributed by atoms with Crippen LogP contribution in [-0.2, 0) is 0 Å². The Bertz CT molecular complexity index is 621. The second kappa shape index (κ2) is 5.90.